The Morgan fingerprint density at radius 1 is 0.577 bits per heavy atom. The van der Waals surface area contributed by atoms with Crippen molar-refractivity contribution in [3.05, 3.63) is 82.9 Å². The number of aryl methyl sites for hydroxylation is 2. The second kappa shape index (κ2) is 7.45. The standard InChI is InChI=1S/C24H26O2/c1-15-13-23(14-16(2)24(15)18(4)26)22-11-9-21(10-12-22)20-7-5-19(6-8-20)17(3)25/h5-14,17-18,25-26H,1-4H3. The minimum Gasteiger partial charge on any atom is -0.389 e. The van der Waals surface area contributed by atoms with Gasteiger partial charge in [0.15, 0.2) is 0 Å². The van der Waals surface area contributed by atoms with Crippen molar-refractivity contribution in [2.75, 3.05) is 0 Å². The van der Waals surface area contributed by atoms with E-state index in [0.29, 0.717) is 0 Å². The average Bonchev–Trinajstić information content (AvgIpc) is 2.61. The second-order valence-electron chi connectivity index (χ2n) is 7.08. The van der Waals surface area contributed by atoms with E-state index >= 15 is 0 Å². The zero-order valence-electron chi connectivity index (χ0n) is 15.8. The molecule has 0 bridgehead atoms. The van der Waals surface area contributed by atoms with Crippen molar-refractivity contribution < 1.29 is 10.2 Å². The summed E-state index contributed by atoms with van der Waals surface area (Å²) in [4.78, 5) is 0. The fourth-order valence-corrected chi connectivity index (χ4v) is 3.61. The molecule has 0 spiro atoms. The smallest absolute Gasteiger partial charge is 0.0767 e. The first-order chi connectivity index (χ1) is 12.4. The van der Waals surface area contributed by atoms with Gasteiger partial charge in [-0.1, -0.05) is 60.7 Å². The van der Waals surface area contributed by atoms with E-state index in [1.54, 1.807) is 6.92 Å². The molecule has 2 atom stereocenters. The Bertz CT molecular complexity index is 865. The van der Waals surface area contributed by atoms with Crippen LogP contribution in [-0.2, 0) is 0 Å². The van der Waals surface area contributed by atoms with Crippen LogP contribution in [-0.4, -0.2) is 10.2 Å². The van der Waals surface area contributed by atoms with E-state index in [2.05, 4.69) is 50.2 Å². The van der Waals surface area contributed by atoms with E-state index in [1.165, 1.54) is 5.56 Å². The Kier molecular flexibility index (Phi) is 5.26. The summed E-state index contributed by atoms with van der Waals surface area (Å²) in [7, 11) is 0. The number of hydrogen-bond acceptors (Lipinski definition) is 2. The lowest BCUT2D eigenvalue weighted by atomic mass is 9.92. The van der Waals surface area contributed by atoms with Crippen LogP contribution in [0.3, 0.4) is 0 Å². The molecule has 0 aliphatic heterocycles. The largest absolute Gasteiger partial charge is 0.389 e. The summed E-state index contributed by atoms with van der Waals surface area (Å²) in [6.45, 7) is 7.69. The summed E-state index contributed by atoms with van der Waals surface area (Å²) in [5, 5.41) is 19.6. The van der Waals surface area contributed by atoms with Gasteiger partial charge in [0.2, 0.25) is 0 Å². The summed E-state index contributed by atoms with van der Waals surface area (Å²) >= 11 is 0. The van der Waals surface area contributed by atoms with E-state index in [-0.39, 0.29) is 0 Å². The van der Waals surface area contributed by atoms with Crippen LogP contribution in [0.1, 0.15) is 48.3 Å². The molecular weight excluding hydrogens is 320 g/mol. The number of rotatable bonds is 4. The molecular formula is C24H26O2. The molecule has 3 rings (SSSR count). The van der Waals surface area contributed by atoms with Crippen LogP contribution in [0.4, 0.5) is 0 Å². The molecule has 134 valence electrons. The maximum atomic E-state index is 9.95. The van der Waals surface area contributed by atoms with E-state index in [1.807, 2.05) is 31.2 Å². The van der Waals surface area contributed by atoms with Crippen LogP contribution < -0.4 is 0 Å². The molecule has 0 aliphatic carbocycles. The Labute approximate surface area is 155 Å². The highest BCUT2D eigenvalue weighted by Gasteiger charge is 2.11. The van der Waals surface area contributed by atoms with Crippen LogP contribution in [0.2, 0.25) is 0 Å². The lowest BCUT2D eigenvalue weighted by molar-refractivity contribution is 0.197. The topological polar surface area (TPSA) is 40.5 Å². The normalized spacial score (nSPS) is 13.5. The van der Waals surface area contributed by atoms with E-state index in [0.717, 1.165) is 38.9 Å². The fourth-order valence-electron chi connectivity index (χ4n) is 3.61. The molecule has 3 aromatic rings. The summed E-state index contributed by atoms with van der Waals surface area (Å²) < 4.78 is 0. The van der Waals surface area contributed by atoms with Gasteiger partial charge in [0, 0.05) is 0 Å². The van der Waals surface area contributed by atoms with Crippen LogP contribution >= 0.6 is 0 Å². The van der Waals surface area contributed by atoms with E-state index in [9.17, 15) is 10.2 Å². The molecule has 2 heteroatoms. The second-order valence-corrected chi connectivity index (χ2v) is 7.08. The predicted octanol–water partition coefficient (Wildman–Crippen LogP) is 5.74. The molecule has 0 aromatic heterocycles. The molecule has 2 unspecified atom stereocenters. The highest BCUT2D eigenvalue weighted by molar-refractivity contribution is 5.71. The van der Waals surface area contributed by atoms with Gasteiger partial charge in [-0.05, 0) is 72.2 Å². The molecule has 0 radical (unpaired) electrons. The minimum atomic E-state index is -0.448. The number of benzene rings is 3. The highest BCUT2D eigenvalue weighted by atomic mass is 16.3. The molecule has 3 aromatic carbocycles. The fraction of sp³-hybridized carbons (Fsp3) is 0.250. The third kappa shape index (κ3) is 3.72. The number of aliphatic hydroxyl groups excluding tert-OH is 2. The summed E-state index contributed by atoms with van der Waals surface area (Å²) in [6, 6.07) is 20.8. The van der Waals surface area contributed by atoms with E-state index < -0.39 is 12.2 Å². The maximum absolute atomic E-state index is 9.95. The van der Waals surface area contributed by atoms with Gasteiger partial charge >= 0.3 is 0 Å². The summed E-state index contributed by atoms with van der Waals surface area (Å²) in [5.41, 5.74) is 8.80. The van der Waals surface area contributed by atoms with E-state index in [4.69, 9.17) is 0 Å². The van der Waals surface area contributed by atoms with Crippen LogP contribution in [0.5, 0.6) is 0 Å². The van der Waals surface area contributed by atoms with Gasteiger partial charge < -0.3 is 10.2 Å². The molecule has 26 heavy (non-hydrogen) atoms. The van der Waals surface area contributed by atoms with Gasteiger partial charge in [0.1, 0.15) is 0 Å². The van der Waals surface area contributed by atoms with Crippen molar-refractivity contribution >= 4 is 0 Å². The lowest BCUT2D eigenvalue weighted by Crippen LogP contribution is -1.99. The van der Waals surface area contributed by atoms with Gasteiger partial charge in [0.05, 0.1) is 12.2 Å². The Balaban J connectivity index is 1.90. The van der Waals surface area contributed by atoms with Crippen LogP contribution in [0.15, 0.2) is 60.7 Å². The zero-order chi connectivity index (χ0) is 18.8. The molecule has 0 saturated heterocycles. The first-order valence-corrected chi connectivity index (χ1v) is 9.05. The first-order valence-electron chi connectivity index (χ1n) is 9.05. The molecule has 0 amide bonds. The summed E-state index contributed by atoms with van der Waals surface area (Å²) in [5.74, 6) is 0. The lowest BCUT2D eigenvalue weighted by Gasteiger charge is -2.15. The van der Waals surface area contributed by atoms with Crippen molar-refractivity contribution in [3.63, 3.8) is 0 Å². The Morgan fingerprint density at radius 2 is 0.962 bits per heavy atom. The molecule has 2 N–H and O–H groups in total. The molecule has 0 aliphatic rings. The SMILES string of the molecule is Cc1cc(-c2ccc(-c3ccc(C(C)O)cc3)cc2)cc(C)c1C(C)O. The van der Waals surface area contributed by atoms with Crippen LogP contribution in [0.25, 0.3) is 22.3 Å². The maximum Gasteiger partial charge on any atom is 0.0767 e. The van der Waals surface area contributed by atoms with Gasteiger partial charge in [0.25, 0.3) is 0 Å². The van der Waals surface area contributed by atoms with Crippen molar-refractivity contribution in [1.29, 1.82) is 0 Å². The molecule has 0 heterocycles. The average molecular weight is 346 g/mol. The van der Waals surface area contributed by atoms with Gasteiger partial charge in [-0.2, -0.15) is 0 Å². The van der Waals surface area contributed by atoms with Gasteiger partial charge in [-0.15, -0.1) is 0 Å². The Morgan fingerprint density at radius 3 is 1.35 bits per heavy atom. The van der Waals surface area contributed by atoms with Crippen molar-refractivity contribution in [1.82, 2.24) is 0 Å². The monoisotopic (exact) mass is 346 g/mol. The quantitative estimate of drug-likeness (QED) is 0.632. The minimum absolute atomic E-state index is 0.442. The zero-order valence-corrected chi connectivity index (χ0v) is 15.8. The van der Waals surface area contributed by atoms with Crippen molar-refractivity contribution in [3.8, 4) is 22.3 Å². The predicted molar refractivity (Wildman–Crippen MR) is 108 cm³/mol. The third-order valence-corrected chi connectivity index (χ3v) is 4.96. The molecule has 0 saturated carbocycles. The Hall–Kier alpha value is -2.42. The first kappa shape index (κ1) is 18.4. The third-order valence-electron chi connectivity index (χ3n) is 4.96. The number of aliphatic hydroxyl groups is 2. The highest BCUT2D eigenvalue weighted by Crippen LogP contribution is 2.30. The number of hydrogen-bond donors (Lipinski definition) is 2. The van der Waals surface area contributed by atoms with Crippen molar-refractivity contribution in [2.24, 2.45) is 0 Å². The molecule has 0 fully saturated rings. The van der Waals surface area contributed by atoms with Crippen molar-refractivity contribution in [2.45, 2.75) is 39.9 Å². The van der Waals surface area contributed by atoms with Crippen LogP contribution in [0, 0.1) is 13.8 Å². The molecule has 2 nitrogen and oxygen atoms in total. The van der Waals surface area contributed by atoms with Gasteiger partial charge in [-0.25, -0.2) is 0 Å². The van der Waals surface area contributed by atoms with Gasteiger partial charge in [-0.3, -0.25) is 0 Å². The summed E-state index contributed by atoms with van der Waals surface area (Å²) in [6.07, 6.45) is -0.890.